The van der Waals surface area contributed by atoms with Gasteiger partial charge in [0, 0.05) is 33.5 Å². The van der Waals surface area contributed by atoms with Crippen molar-refractivity contribution in [1.29, 1.82) is 0 Å². The highest BCUT2D eigenvalue weighted by Gasteiger charge is 2.15. The van der Waals surface area contributed by atoms with Gasteiger partial charge in [-0.25, -0.2) is 9.78 Å². The molecule has 2 aromatic carbocycles. The summed E-state index contributed by atoms with van der Waals surface area (Å²) < 4.78 is 0.836. The van der Waals surface area contributed by atoms with Crippen molar-refractivity contribution in [2.75, 3.05) is 5.32 Å². The number of rotatable bonds is 4. The topological polar surface area (TPSA) is 92.2 Å². The van der Waals surface area contributed by atoms with Crippen LogP contribution < -0.4 is 5.32 Å². The number of pyridine rings is 2. The lowest BCUT2D eigenvalue weighted by atomic mass is 10.0. The van der Waals surface area contributed by atoms with E-state index in [0.29, 0.717) is 27.8 Å². The lowest BCUT2D eigenvalue weighted by Gasteiger charge is -2.11. The average molecular weight is 448 g/mol. The summed E-state index contributed by atoms with van der Waals surface area (Å²) in [7, 11) is 0. The Morgan fingerprint density at radius 1 is 0.931 bits per heavy atom. The van der Waals surface area contributed by atoms with E-state index in [1.807, 2.05) is 30.3 Å². The first kappa shape index (κ1) is 18.8. The Hall–Kier alpha value is -3.58. The highest BCUT2D eigenvalue weighted by Crippen LogP contribution is 2.27. The van der Waals surface area contributed by atoms with Gasteiger partial charge in [-0.3, -0.25) is 9.78 Å². The van der Waals surface area contributed by atoms with Gasteiger partial charge >= 0.3 is 5.97 Å². The molecule has 0 aliphatic carbocycles. The van der Waals surface area contributed by atoms with Crippen LogP contribution in [0.3, 0.4) is 0 Å². The van der Waals surface area contributed by atoms with Gasteiger partial charge in [0.2, 0.25) is 0 Å². The average Bonchev–Trinajstić information content (AvgIpc) is 2.74. The lowest BCUT2D eigenvalue weighted by Crippen LogP contribution is -2.13. The molecule has 29 heavy (non-hydrogen) atoms. The van der Waals surface area contributed by atoms with Crippen LogP contribution in [0.5, 0.6) is 0 Å². The molecule has 4 rings (SSSR count). The predicted molar refractivity (Wildman–Crippen MR) is 114 cm³/mol. The van der Waals surface area contributed by atoms with Crippen LogP contribution in [-0.2, 0) is 0 Å². The lowest BCUT2D eigenvalue weighted by molar-refractivity contribution is 0.0696. The summed E-state index contributed by atoms with van der Waals surface area (Å²) in [6.07, 6.45) is 3.35. The molecule has 2 N–H and O–H groups in total. The van der Waals surface area contributed by atoms with E-state index in [1.54, 1.807) is 30.6 Å². The molecule has 0 aliphatic heterocycles. The Labute approximate surface area is 174 Å². The largest absolute Gasteiger partial charge is 0.478 e. The first-order valence-electron chi connectivity index (χ1n) is 8.67. The Kier molecular flexibility index (Phi) is 5.05. The number of hydrogen-bond acceptors (Lipinski definition) is 4. The number of carboxylic acid groups (broad SMARTS) is 1. The molecule has 0 saturated heterocycles. The fourth-order valence-corrected chi connectivity index (χ4v) is 3.31. The van der Waals surface area contributed by atoms with Gasteiger partial charge in [0.25, 0.3) is 5.91 Å². The van der Waals surface area contributed by atoms with Crippen LogP contribution >= 0.6 is 15.9 Å². The van der Waals surface area contributed by atoms with E-state index in [1.165, 1.54) is 12.1 Å². The molecule has 142 valence electrons. The number of carbonyl (C=O) groups excluding carboxylic acids is 1. The van der Waals surface area contributed by atoms with Gasteiger partial charge in [0.15, 0.2) is 0 Å². The fourth-order valence-electron chi connectivity index (χ4n) is 2.95. The Balaban J connectivity index is 1.77. The Bertz CT molecular complexity index is 1230. The quantitative estimate of drug-likeness (QED) is 0.458. The third-order valence-electron chi connectivity index (χ3n) is 4.38. The van der Waals surface area contributed by atoms with Crippen molar-refractivity contribution in [3.63, 3.8) is 0 Å². The smallest absolute Gasteiger partial charge is 0.335 e. The van der Waals surface area contributed by atoms with Crippen molar-refractivity contribution in [2.24, 2.45) is 0 Å². The molecule has 0 aliphatic rings. The van der Waals surface area contributed by atoms with Crippen LogP contribution in [0.4, 0.5) is 5.69 Å². The zero-order chi connectivity index (χ0) is 20.4. The van der Waals surface area contributed by atoms with Crippen molar-refractivity contribution >= 4 is 44.4 Å². The number of carboxylic acids is 1. The summed E-state index contributed by atoms with van der Waals surface area (Å²) in [5, 5.41) is 12.5. The van der Waals surface area contributed by atoms with Gasteiger partial charge in [0.05, 0.1) is 22.3 Å². The van der Waals surface area contributed by atoms with E-state index in [4.69, 9.17) is 5.11 Å². The predicted octanol–water partition coefficient (Wildman–Crippen LogP) is 5.01. The molecule has 0 spiro atoms. The second-order valence-electron chi connectivity index (χ2n) is 6.29. The minimum atomic E-state index is -1.02. The van der Waals surface area contributed by atoms with Crippen LogP contribution in [0.2, 0.25) is 0 Å². The van der Waals surface area contributed by atoms with E-state index in [9.17, 15) is 9.59 Å². The van der Waals surface area contributed by atoms with Gasteiger partial charge in [-0.1, -0.05) is 15.9 Å². The molecule has 4 aromatic rings. The highest BCUT2D eigenvalue weighted by molar-refractivity contribution is 9.10. The zero-order valence-electron chi connectivity index (χ0n) is 15.0. The summed E-state index contributed by atoms with van der Waals surface area (Å²) in [6, 6.07) is 17.0. The van der Waals surface area contributed by atoms with Crippen molar-refractivity contribution < 1.29 is 14.7 Å². The Morgan fingerprint density at radius 3 is 2.34 bits per heavy atom. The number of anilines is 1. The van der Waals surface area contributed by atoms with Crippen LogP contribution in [-0.4, -0.2) is 27.0 Å². The number of carbonyl (C=O) groups is 2. The summed E-state index contributed by atoms with van der Waals surface area (Å²) in [5.41, 5.74) is 3.32. The van der Waals surface area contributed by atoms with Crippen molar-refractivity contribution in [3.8, 4) is 11.3 Å². The van der Waals surface area contributed by atoms with Gasteiger partial charge < -0.3 is 10.4 Å². The van der Waals surface area contributed by atoms with Crippen LogP contribution in [0.25, 0.3) is 22.2 Å². The zero-order valence-corrected chi connectivity index (χ0v) is 16.6. The fraction of sp³-hybridized carbons (Fsp3) is 0. The number of amides is 1. The Morgan fingerprint density at radius 2 is 1.66 bits per heavy atom. The molecule has 1 amide bonds. The number of aromatic carboxylic acids is 1. The van der Waals surface area contributed by atoms with Gasteiger partial charge in [-0.2, -0.15) is 0 Å². The monoisotopic (exact) mass is 447 g/mol. The third kappa shape index (κ3) is 4.00. The molecule has 0 radical (unpaired) electrons. The maximum Gasteiger partial charge on any atom is 0.335 e. The highest BCUT2D eigenvalue weighted by atomic mass is 79.9. The molecule has 2 heterocycles. The summed E-state index contributed by atoms with van der Waals surface area (Å²) in [4.78, 5) is 32.8. The molecule has 7 heteroatoms. The molecule has 0 unspecified atom stereocenters. The summed E-state index contributed by atoms with van der Waals surface area (Å²) >= 11 is 3.44. The molecule has 2 aromatic heterocycles. The molecule has 0 bridgehead atoms. The van der Waals surface area contributed by atoms with E-state index >= 15 is 0 Å². The molecular formula is C22H14BrN3O3. The SMILES string of the molecule is O=C(O)c1ccc(NC(=O)c2cc(-c3ccncc3)nc3ccc(Br)cc23)cc1. The van der Waals surface area contributed by atoms with E-state index in [-0.39, 0.29) is 11.5 Å². The van der Waals surface area contributed by atoms with E-state index < -0.39 is 5.97 Å². The molecule has 6 nitrogen and oxygen atoms in total. The third-order valence-corrected chi connectivity index (χ3v) is 4.87. The minimum Gasteiger partial charge on any atom is -0.478 e. The second kappa shape index (κ2) is 7.81. The minimum absolute atomic E-state index is 0.154. The summed E-state index contributed by atoms with van der Waals surface area (Å²) in [6.45, 7) is 0. The van der Waals surface area contributed by atoms with Crippen molar-refractivity contribution in [3.05, 3.63) is 88.7 Å². The number of aromatic nitrogens is 2. The second-order valence-corrected chi connectivity index (χ2v) is 7.20. The number of benzene rings is 2. The first-order valence-corrected chi connectivity index (χ1v) is 9.46. The maximum absolute atomic E-state index is 13.1. The van der Waals surface area contributed by atoms with Crippen molar-refractivity contribution in [2.45, 2.75) is 0 Å². The van der Waals surface area contributed by atoms with E-state index in [2.05, 4.69) is 31.2 Å². The van der Waals surface area contributed by atoms with Gasteiger partial charge in [-0.05, 0) is 60.7 Å². The molecular weight excluding hydrogens is 434 g/mol. The number of nitrogens with zero attached hydrogens (tertiary/aromatic N) is 2. The normalized spacial score (nSPS) is 10.7. The number of hydrogen-bond donors (Lipinski definition) is 2. The van der Waals surface area contributed by atoms with Crippen LogP contribution in [0, 0.1) is 0 Å². The maximum atomic E-state index is 13.1. The van der Waals surface area contributed by atoms with Crippen LogP contribution in [0.1, 0.15) is 20.7 Å². The number of fused-ring (bicyclic) bond motifs is 1. The standard InChI is InChI=1S/C22H14BrN3O3/c23-15-3-6-19-17(11-15)18(12-20(26-19)13-7-9-24-10-8-13)21(27)25-16-4-1-14(2-5-16)22(28)29/h1-12H,(H,25,27)(H,28,29). The first-order chi connectivity index (χ1) is 14.0. The van der Waals surface area contributed by atoms with Gasteiger partial charge in [-0.15, -0.1) is 0 Å². The van der Waals surface area contributed by atoms with Gasteiger partial charge in [0.1, 0.15) is 0 Å². The molecule has 0 saturated carbocycles. The van der Waals surface area contributed by atoms with Crippen molar-refractivity contribution in [1.82, 2.24) is 9.97 Å². The summed E-state index contributed by atoms with van der Waals surface area (Å²) in [5.74, 6) is -1.33. The number of halogens is 1. The van der Waals surface area contributed by atoms with Crippen LogP contribution in [0.15, 0.2) is 77.5 Å². The molecule has 0 fully saturated rings. The van der Waals surface area contributed by atoms with E-state index in [0.717, 1.165) is 10.0 Å². The number of nitrogens with one attached hydrogen (secondary N) is 1. The molecule has 0 atom stereocenters.